The lowest BCUT2D eigenvalue weighted by atomic mass is 10.5. The monoisotopic (exact) mass is 222 g/mol. The normalized spacial score (nSPS) is 10.1. The highest BCUT2D eigenvalue weighted by Gasteiger charge is 2.12. The Balaban J connectivity index is 2.06. The summed E-state index contributed by atoms with van der Waals surface area (Å²) in [5.74, 6) is 0.674. The number of nitrogens with zero attached hydrogens (tertiary/aromatic N) is 2. The summed E-state index contributed by atoms with van der Waals surface area (Å²) in [6, 6.07) is 3.02. The predicted octanol–water partition coefficient (Wildman–Crippen LogP) is 1.47. The molecule has 0 aromatic carbocycles. The minimum absolute atomic E-state index is 0.0253. The maximum absolute atomic E-state index is 11.1. The fourth-order valence-corrected chi connectivity index (χ4v) is 1.08. The summed E-state index contributed by atoms with van der Waals surface area (Å²) in [7, 11) is 0. The van der Waals surface area contributed by atoms with Crippen LogP contribution in [0.2, 0.25) is 0 Å². The van der Waals surface area contributed by atoms with Gasteiger partial charge in [0.15, 0.2) is 5.76 Å². The fourth-order valence-electron chi connectivity index (χ4n) is 1.08. The van der Waals surface area contributed by atoms with Crippen LogP contribution in [0.3, 0.4) is 0 Å². The Kier molecular flexibility index (Phi) is 2.86. The first-order valence-corrected chi connectivity index (χ1v) is 4.72. The molecule has 0 saturated carbocycles. The van der Waals surface area contributed by atoms with Gasteiger partial charge < -0.3 is 14.2 Å². The standard InChI is InChI=1S/C9H10N4O3/c1-2-10-8(14)11-9-13-12-7(16-9)6-4-3-5-15-6/h3-5H,2H2,1H3,(H2,10,11,13,14). The van der Waals surface area contributed by atoms with Gasteiger partial charge >= 0.3 is 12.0 Å². The molecule has 0 bridgehead atoms. The largest absolute Gasteiger partial charge is 0.459 e. The molecule has 0 atom stereocenters. The molecule has 0 radical (unpaired) electrons. The van der Waals surface area contributed by atoms with E-state index in [1.165, 1.54) is 6.26 Å². The van der Waals surface area contributed by atoms with Crippen molar-refractivity contribution < 1.29 is 13.6 Å². The highest BCUT2D eigenvalue weighted by atomic mass is 16.4. The molecule has 2 heterocycles. The number of carbonyl (C=O) groups excluding carboxylic acids is 1. The molecule has 2 aromatic heterocycles. The first kappa shape index (κ1) is 10.2. The second-order valence-electron chi connectivity index (χ2n) is 2.87. The molecular formula is C9H10N4O3. The number of nitrogens with one attached hydrogen (secondary N) is 2. The van der Waals surface area contributed by atoms with E-state index in [0.29, 0.717) is 12.3 Å². The molecule has 16 heavy (non-hydrogen) atoms. The second kappa shape index (κ2) is 4.47. The van der Waals surface area contributed by atoms with Crippen molar-refractivity contribution in [3.8, 4) is 11.7 Å². The molecule has 0 aliphatic rings. The van der Waals surface area contributed by atoms with Gasteiger partial charge in [-0.25, -0.2) is 4.79 Å². The first-order chi connectivity index (χ1) is 7.79. The number of amides is 2. The molecule has 2 rings (SSSR count). The molecule has 0 saturated heterocycles. The van der Waals surface area contributed by atoms with Crippen molar-refractivity contribution in [1.29, 1.82) is 0 Å². The summed E-state index contributed by atoms with van der Waals surface area (Å²) in [4.78, 5) is 11.1. The van der Waals surface area contributed by atoms with E-state index in [1.807, 2.05) is 6.92 Å². The Bertz CT molecular complexity index is 463. The van der Waals surface area contributed by atoms with Crippen molar-refractivity contribution in [3.63, 3.8) is 0 Å². The number of carbonyl (C=O) groups is 1. The summed E-state index contributed by atoms with van der Waals surface area (Å²) < 4.78 is 10.2. The van der Waals surface area contributed by atoms with E-state index in [0.717, 1.165) is 0 Å². The van der Waals surface area contributed by atoms with Crippen molar-refractivity contribution in [2.45, 2.75) is 6.92 Å². The second-order valence-corrected chi connectivity index (χ2v) is 2.87. The minimum Gasteiger partial charge on any atom is -0.459 e. The van der Waals surface area contributed by atoms with Crippen molar-refractivity contribution >= 4 is 12.0 Å². The number of aromatic nitrogens is 2. The van der Waals surface area contributed by atoms with Crippen LogP contribution in [-0.4, -0.2) is 22.8 Å². The van der Waals surface area contributed by atoms with Crippen LogP contribution in [0.5, 0.6) is 0 Å². The molecule has 2 aromatic rings. The summed E-state index contributed by atoms with van der Waals surface area (Å²) in [6.45, 7) is 2.33. The van der Waals surface area contributed by atoms with Crippen LogP contribution in [0.15, 0.2) is 27.2 Å². The number of rotatable bonds is 3. The van der Waals surface area contributed by atoms with E-state index < -0.39 is 6.03 Å². The molecule has 7 heteroatoms. The van der Waals surface area contributed by atoms with Crippen LogP contribution in [-0.2, 0) is 0 Å². The zero-order chi connectivity index (χ0) is 11.4. The third kappa shape index (κ3) is 2.19. The average Bonchev–Trinajstić information content (AvgIpc) is 2.86. The molecular weight excluding hydrogens is 212 g/mol. The van der Waals surface area contributed by atoms with E-state index in [9.17, 15) is 4.79 Å². The molecule has 0 unspecified atom stereocenters. The molecule has 0 fully saturated rings. The van der Waals surface area contributed by atoms with Crippen LogP contribution in [0.25, 0.3) is 11.7 Å². The summed E-state index contributed by atoms with van der Waals surface area (Å²) in [6.07, 6.45) is 1.50. The molecule has 0 aliphatic carbocycles. The zero-order valence-electron chi connectivity index (χ0n) is 8.56. The Hall–Kier alpha value is -2.31. The number of anilines is 1. The topological polar surface area (TPSA) is 93.2 Å². The molecule has 84 valence electrons. The zero-order valence-corrected chi connectivity index (χ0v) is 8.56. The van der Waals surface area contributed by atoms with Gasteiger partial charge in [0.05, 0.1) is 6.26 Å². The van der Waals surface area contributed by atoms with Gasteiger partial charge in [0.25, 0.3) is 5.89 Å². The van der Waals surface area contributed by atoms with Gasteiger partial charge in [-0.3, -0.25) is 5.32 Å². The molecule has 0 aliphatic heterocycles. The van der Waals surface area contributed by atoms with E-state index in [1.54, 1.807) is 12.1 Å². The van der Waals surface area contributed by atoms with Gasteiger partial charge in [0.1, 0.15) is 0 Å². The van der Waals surface area contributed by atoms with Crippen LogP contribution in [0, 0.1) is 0 Å². The molecule has 2 amide bonds. The molecule has 7 nitrogen and oxygen atoms in total. The van der Waals surface area contributed by atoms with Crippen LogP contribution in [0.4, 0.5) is 10.8 Å². The van der Waals surface area contributed by atoms with E-state index in [2.05, 4.69) is 20.8 Å². The Morgan fingerprint density at radius 2 is 2.38 bits per heavy atom. The van der Waals surface area contributed by atoms with E-state index in [-0.39, 0.29) is 11.9 Å². The molecule has 0 spiro atoms. The Labute approximate surface area is 90.8 Å². The third-order valence-corrected chi connectivity index (χ3v) is 1.71. The highest BCUT2D eigenvalue weighted by molar-refractivity contribution is 5.86. The highest BCUT2D eigenvalue weighted by Crippen LogP contribution is 2.19. The predicted molar refractivity (Wildman–Crippen MR) is 54.7 cm³/mol. The van der Waals surface area contributed by atoms with Gasteiger partial charge in [0.2, 0.25) is 0 Å². The number of urea groups is 1. The van der Waals surface area contributed by atoms with Crippen molar-refractivity contribution in [3.05, 3.63) is 18.4 Å². The van der Waals surface area contributed by atoms with E-state index in [4.69, 9.17) is 8.83 Å². The molecule has 2 N–H and O–H groups in total. The average molecular weight is 222 g/mol. The Morgan fingerprint density at radius 1 is 1.50 bits per heavy atom. The summed E-state index contributed by atoms with van der Waals surface area (Å²) in [5, 5.41) is 12.3. The van der Waals surface area contributed by atoms with Gasteiger partial charge in [-0.05, 0) is 19.1 Å². The lowest BCUT2D eigenvalue weighted by Gasteiger charge is -1.99. The van der Waals surface area contributed by atoms with Crippen molar-refractivity contribution in [2.75, 3.05) is 11.9 Å². The minimum atomic E-state index is -0.392. The maximum Gasteiger partial charge on any atom is 0.324 e. The number of hydrogen-bond acceptors (Lipinski definition) is 5. The van der Waals surface area contributed by atoms with Gasteiger partial charge in [-0.2, -0.15) is 0 Å². The van der Waals surface area contributed by atoms with Crippen molar-refractivity contribution in [2.24, 2.45) is 0 Å². The lowest BCUT2D eigenvalue weighted by Crippen LogP contribution is -2.28. The number of furan rings is 1. The SMILES string of the molecule is CCNC(=O)Nc1nnc(-c2ccco2)o1. The maximum atomic E-state index is 11.1. The quantitative estimate of drug-likeness (QED) is 0.820. The van der Waals surface area contributed by atoms with E-state index >= 15 is 0 Å². The lowest BCUT2D eigenvalue weighted by molar-refractivity contribution is 0.252. The summed E-state index contributed by atoms with van der Waals surface area (Å²) >= 11 is 0. The number of hydrogen-bond donors (Lipinski definition) is 2. The van der Waals surface area contributed by atoms with Crippen molar-refractivity contribution in [1.82, 2.24) is 15.5 Å². The van der Waals surface area contributed by atoms with Crippen LogP contribution in [0.1, 0.15) is 6.92 Å². The van der Waals surface area contributed by atoms with Crippen LogP contribution >= 0.6 is 0 Å². The summed E-state index contributed by atoms with van der Waals surface area (Å²) in [5.41, 5.74) is 0. The Morgan fingerprint density at radius 3 is 3.06 bits per heavy atom. The third-order valence-electron chi connectivity index (χ3n) is 1.71. The van der Waals surface area contributed by atoms with Gasteiger partial charge in [-0.15, -0.1) is 5.10 Å². The first-order valence-electron chi connectivity index (χ1n) is 4.72. The van der Waals surface area contributed by atoms with Gasteiger partial charge in [-0.1, -0.05) is 5.10 Å². The fraction of sp³-hybridized carbons (Fsp3) is 0.222. The van der Waals surface area contributed by atoms with Gasteiger partial charge in [0, 0.05) is 6.54 Å². The van der Waals surface area contributed by atoms with Crippen LogP contribution < -0.4 is 10.6 Å². The smallest absolute Gasteiger partial charge is 0.324 e.